The Kier molecular flexibility index (Phi) is 4.69. The highest BCUT2D eigenvalue weighted by Crippen LogP contribution is 2.22. The van der Waals surface area contributed by atoms with Crippen LogP contribution in [0.5, 0.6) is 0 Å². The molecule has 0 radical (unpaired) electrons. The lowest BCUT2D eigenvalue weighted by Gasteiger charge is -2.35. The number of hydrogen-bond donors (Lipinski definition) is 3. The molecule has 0 spiro atoms. The van der Waals surface area contributed by atoms with Gasteiger partial charge in [0.15, 0.2) is 0 Å². The smallest absolute Gasteiger partial charge is 0.140 e. The highest BCUT2D eigenvalue weighted by molar-refractivity contribution is 5.79. The Balaban J connectivity index is 1.95. The van der Waals surface area contributed by atoms with E-state index >= 15 is 0 Å². The summed E-state index contributed by atoms with van der Waals surface area (Å²) >= 11 is 0. The standard InChI is InChI=1S/C9H19N3O2/c1-2-14-8-5-7(6-8)11-4-3-9(10)12-13/h7-8,11,13H,2-6H2,1H3,(H2,10,12). The third-order valence-electron chi connectivity index (χ3n) is 2.44. The highest BCUT2D eigenvalue weighted by Gasteiger charge is 2.28. The van der Waals surface area contributed by atoms with Crippen LogP contribution in [0.4, 0.5) is 0 Å². The Hall–Kier alpha value is -0.810. The lowest BCUT2D eigenvalue weighted by molar-refractivity contribution is -0.00952. The molecule has 1 fully saturated rings. The topological polar surface area (TPSA) is 79.9 Å². The minimum absolute atomic E-state index is 0.276. The summed E-state index contributed by atoms with van der Waals surface area (Å²) in [5, 5.41) is 14.5. The van der Waals surface area contributed by atoms with Gasteiger partial charge in [0.1, 0.15) is 5.84 Å². The van der Waals surface area contributed by atoms with Gasteiger partial charge in [-0.25, -0.2) is 0 Å². The maximum atomic E-state index is 8.30. The highest BCUT2D eigenvalue weighted by atomic mass is 16.5. The molecule has 14 heavy (non-hydrogen) atoms. The molecule has 0 amide bonds. The van der Waals surface area contributed by atoms with E-state index in [1.165, 1.54) is 0 Å². The van der Waals surface area contributed by atoms with E-state index in [0.717, 1.165) is 26.0 Å². The van der Waals surface area contributed by atoms with Gasteiger partial charge in [-0.15, -0.1) is 0 Å². The zero-order valence-corrected chi connectivity index (χ0v) is 8.57. The van der Waals surface area contributed by atoms with Gasteiger partial charge in [0, 0.05) is 25.6 Å². The summed E-state index contributed by atoms with van der Waals surface area (Å²) in [6.07, 6.45) is 3.17. The molecule has 5 nitrogen and oxygen atoms in total. The molecule has 4 N–H and O–H groups in total. The fourth-order valence-electron chi connectivity index (χ4n) is 1.56. The van der Waals surface area contributed by atoms with E-state index in [9.17, 15) is 0 Å². The van der Waals surface area contributed by atoms with E-state index in [0.29, 0.717) is 18.6 Å². The van der Waals surface area contributed by atoms with Crippen LogP contribution in [0.2, 0.25) is 0 Å². The first-order chi connectivity index (χ1) is 6.76. The number of ether oxygens (including phenoxy) is 1. The van der Waals surface area contributed by atoms with E-state index in [4.69, 9.17) is 15.7 Å². The number of hydrogen-bond acceptors (Lipinski definition) is 4. The predicted octanol–water partition coefficient (Wildman–Crippen LogP) is 0.280. The summed E-state index contributed by atoms with van der Waals surface area (Å²) in [6, 6.07) is 0.540. The van der Waals surface area contributed by atoms with Crippen LogP contribution >= 0.6 is 0 Å². The number of oxime groups is 1. The van der Waals surface area contributed by atoms with Crippen molar-refractivity contribution in [1.29, 1.82) is 0 Å². The molecule has 1 rings (SSSR count). The second-order valence-electron chi connectivity index (χ2n) is 3.54. The van der Waals surface area contributed by atoms with Gasteiger partial charge in [-0.05, 0) is 19.8 Å². The van der Waals surface area contributed by atoms with E-state index in [-0.39, 0.29) is 5.84 Å². The van der Waals surface area contributed by atoms with Crippen LogP contribution in [-0.4, -0.2) is 36.3 Å². The SMILES string of the molecule is CCOC1CC(NCCC(N)=NO)C1. The third-order valence-corrected chi connectivity index (χ3v) is 2.44. The summed E-state index contributed by atoms with van der Waals surface area (Å²) in [4.78, 5) is 0. The van der Waals surface area contributed by atoms with Crippen LogP contribution in [-0.2, 0) is 4.74 Å². The number of nitrogens with zero attached hydrogens (tertiary/aromatic N) is 1. The van der Waals surface area contributed by atoms with E-state index < -0.39 is 0 Å². The molecule has 1 aliphatic carbocycles. The second kappa shape index (κ2) is 5.82. The normalized spacial score (nSPS) is 27.4. The van der Waals surface area contributed by atoms with Gasteiger partial charge in [-0.1, -0.05) is 5.16 Å². The summed E-state index contributed by atoms with van der Waals surface area (Å²) in [5.41, 5.74) is 5.33. The van der Waals surface area contributed by atoms with Crippen LogP contribution in [0.15, 0.2) is 5.16 Å². The Morgan fingerprint density at radius 1 is 1.64 bits per heavy atom. The van der Waals surface area contributed by atoms with Crippen molar-refractivity contribution in [3.05, 3.63) is 0 Å². The van der Waals surface area contributed by atoms with Crippen molar-refractivity contribution >= 4 is 5.84 Å². The lowest BCUT2D eigenvalue weighted by atomic mass is 9.89. The average Bonchev–Trinajstić information content (AvgIpc) is 2.13. The fraction of sp³-hybridized carbons (Fsp3) is 0.889. The van der Waals surface area contributed by atoms with Gasteiger partial charge in [0.25, 0.3) is 0 Å². The van der Waals surface area contributed by atoms with Crippen LogP contribution in [0.3, 0.4) is 0 Å². The fourth-order valence-corrected chi connectivity index (χ4v) is 1.56. The molecule has 82 valence electrons. The number of nitrogens with two attached hydrogens (primary N) is 1. The third kappa shape index (κ3) is 3.51. The molecule has 0 heterocycles. The Bertz CT molecular complexity index is 190. The minimum Gasteiger partial charge on any atom is -0.409 e. The number of nitrogens with one attached hydrogen (secondary N) is 1. The van der Waals surface area contributed by atoms with E-state index in [2.05, 4.69) is 10.5 Å². The van der Waals surface area contributed by atoms with Gasteiger partial charge in [-0.2, -0.15) is 0 Å². The molecule has 1 saturated carbocycles. The van der Waals surface area contributed by atoms with Crippen molar-refractivity contribution in [2.75, 3.05) is 13.2 Å². The molecule has 0 aromatic rings. The predicted molar refractivity (Wildman–Crippen MR) is 54.5 cm³/mol. The zero-order valence-electron chi connectivity index (χ0n) is 8.57. The lowest BCUT2D eigenvalue weighted by Crippen LogP contribution is -2.46. The quantitative estimate of drug-likeness (QED) is 0.249. The number of amidine groups is 1. The van der Waals surface area contributed by atoms with Gasteiger partial charge in [0.2, 0.25) is 0 Å². The molecule has 0 atom stereocenters. The van der Waals surface area contributed by atoms with Crippen LogP contribution in [0, 0.1) is 0 Å². The monoisotopic (exact) mass is 201 g/mol. The van der Waals surface area contributed by atoms with Crippen LogP contribution in [0.1, 0.15) is 26.2 Å². The first-order valence-electron chi connectivity index (χ1n) is 5.07. The maximum absolute atomic E-state index is 8.30. The molecule has 0 saturated heterocycles. The molecule has 1 aliphatic rings. The van der Waals surface area contributed by atoms with E-state index in [1.807, 2.05) is 6.92 Å². The molecule has 0 bridgehead atoms. The molecular formula is C9H19N3O2. The molecule has 0 aliphatic heterocycles. The largest absolute Gasteiger partial charge is 0.409 e. The van der Waals surface area contributed by atoms with Gasteiger partial charge >= 0.3 is 0 Å². The van der Waals surface area contributed by atoms with E-state index in [1.54, 1.807) is 0 Å². The van der Waals surface area contributed by atoms with Crippen LogP contribution < -0.4 is 11.1 Å². The van der Waals surface area contributed by atoms with Gasteiger partial charge in [0.05, 0.1) is 6.10 Å². The summed E-state index contributed by atoms with van der Waals surface area (Å²) in [7, 11) is 0. The van der Waals surface area contributed by atoms with Gasteiger partial charge in [-0.3, -0.25) is 0 Å². The Morgan fingerprint density at radius 2 is 2.36 bits per heavy atom. The summed E-state index contributed by atoms with van der Waals surface area (Å²) < 4.78 is 5.43. The number of rotatable bonds is 6. The zero-order chi connectivity index (χ0) is 10.4. The first kappa shape index (κ1) is 11.3. The average molecular weight is 201 g/mol. The van der Waals surface area contributed by atoms with Crippen molar-refractivity contribution in [2.45, 2.75) is 38.3 Å². The molecule has 5 heteroatoms. The van der Waals surface area contributed by atoms with Crippen molar-refractivity contribution in [3.8, 4) is 0 Å². The Morgan fingerprint density at radius 3 is 2.93 bits per heavy atom. The summed E-state index contributed by atoms with van der Waals surface area (Å²) in [5.74, 6) is 0.276. The molecule has 0 aromatic heterocycles. The minimum atomic E-state index is 0.276. The molecule has 0 aromatic carbocycles. The molecule has 0 unspecified atom stereocenters. The first-order valence-corrected chi connectivity index (χ1v) is 5.07. The van der Waals surface area contributed by atoms with Crippen molar-refractivity contribution in [2.24, 2.45) is 10.9 Å². The summed E-state index contributed by atoms with van der Waals surface area (Å²) in [6.45, 7) is 3.57. The van der Waals surface area contributed by atoms with Crippen molar-refractivity contribution in [1.82, 2.24) is 5.32 Å². The van der Waals surface area contributed by atoms with Crippen LogP contribution in [0.25, 0.3) is 0 Å². The Labute approximate surface area is 84.3 Å². The molecular weight excluding hydrogens is 182 g/mol. The second-order valence-corrected chi connectivity index (χ2v) is 3.54. The van der Waals surface area contributed by atoms with Crippen molar-refractivity contribution in [3.63, 3.8) is 0 Å². The maximum Gasteiger partial charge on any atom is 0.140 e. The van der Waals surface area contributed by atoms with Gasteiger partial charge < -0.3 is 21.0 Å². The van der Waals surface area contributed by atoms with Crippen molar-refractivity contribution < 1.29 is 9.94 Å².